The van der Waals surface area contributed by atoms with Crippen molar-refractivity contribution < 1.29 is 26.7 Å². The van der Waals surface area contributed by atoms with Crippen LogP contribution in [0.3, 0.4) is 0 Å². The van der Waals surface area contributed by atoms with Crippen LogP contribution < -0.4 is 0 Å². The third-order valence-corrected chi connectivity index (χ3v) is 3.06. The lowest BCUT2D eigenvalue weighted by Crippen LogP contribution is -2.24. The SMILES string of the molecule is O=S(=O)(Cc1ccc(O)cc1)C(F)(F)F. The molecule has 0 aliphatic carbocycles. The van der Waals surface area contributed by atoms with Gasteiger partial charge in [0.05, 0.1) is 5.75 Å². The maximum absolute atomic E-state index is 12.0. The molecule has 7 heteroatoms. The van der Waals surface area contributed by atoms with E-state index in [1.807, 2.05) is 0 Å². The van der Waals surface area contributed by atoms with Crippen molar-refractivity contribution in [1.29, 1.82) is 0 Å². The zero-order valence-electron chi connectivity index (χ0n) is 7.32. The molecule has 0 atom stereocenters. The summed E-state index contributed by atoms with van der Waals surface area (Å²) in [6.07, 6.45) is 0. The lowest BCUT2D eigenvalue weighted by atomic mass is 10.2. The lowest BCUT2D eigenvalue weighted by Gasteiger charge is -2.07. The number of hydrogen-bond donors (Lipinski definition) is 1. The Bertz CT molecular complexity index is 433. The maximum atomic E-state index is 12.0. The zero-order chi connectivity index (χ0) is 11.7. The van der Waals surface area contributed by atoms with Gasteiger partial charge >= 0.3 is 5.51 Å². The molecular weight excluding hydrogens is 233 g/mol. The quantitative estimate of drug-likeness (QED) is 0.857. The van der Waals surface area contributed by atoms with Crippen molar-refractivity contribution in [3.63, 3.8) is 0 Å². The average Bonchev–Trinajstić information content (AvgIpc) is 2.06. The van der Waals surface area contributed by atoms with E-state index in [-0.39, 0.29) is 11.3 Å². The second kappa shape index (κ2) is 3.73. The van der Waals surface area contributed by atoms with Crippen molar-refractivity contribution >= 4 is 9.84 Å². The van der Waals surface area contributed by atoms with Crippen molar-refractivity contribution in [3.05, 3.63) is 29.8 Å². The first kappa shape index (κ1) is 11.8. The molecule has 0 heterocycles. The second-order valence-corrected chi connectivity index (χ2v) is 4.85. The summed E-state index contributed by atoms with van der Waals surface area (Å²) < 4.78 is 57.3. The van der Waals surface area contributed by atoms with Crippen LogP contribution in [0.15, 0.2) is 24.3 Å². The Kier molecular flexibility index (Phi) is 2.94. The summed E-state index contributed by atoms with van der Waals surface area (Å²) in [7, 11) is -5.15. The Hall–Kier alpha value is -1.24. The standard InChI is InChI=1S/C8H7F3O3S/c9-8(10,11)15(13,14)5-6-1-3-7(12)4-2-6/h1-4,12H,5H2. The van der Waals surface area contributed by atoms with E-state index in [1.165, 1.54) is 0 Å². The fourth-order valence-corrected chi connectivity index (χ4v) is 1.69. The molecule has 0 amide bonds. The van der Waals surface area contributed by atoms with Gasteiger partial charge in [0.15, 0.2) is 0 Å². The van der Waals surface area contributed by atoms with Crippen molar-refractivity contribution in [1.82, 2.24) is 0 Å². The zero-order valence-corrected chi connectivity index (χ0v) is 8.14. The minimum Gasteiger partial charge on any atom is -0.508 e. The molecule has 1 N–H and O–H groups in total. The van der Waals surface area contributed by atoms with Gasteiger partial charge < -0.3 is 5.11 Å². The number of phenols is 1. The van der Waals surface area contributed by atoms with Gasteiger partial charge in [-0.15, -0.1) is 0 Å². The number of alkyl halides is 3. The summed E-state index contributed by atoms with van der Waals surface area (Å²) in [5.41, 5.74) is -5.27. The normalized spacial score (nSPS) is 12.7. The summed E-state index contributed by atoms with van der Waals surface area (Å²) in [5, 5.41) is 8.84. The van der Waals surface area contributed by atoms with Gasteiger partial charge in [-0.3, -0.25) is 0 Å². The van der Waals surface area contributed by atoms with Crippen molar-refractivity contribution in [2.75, 3.05) is 0 Å². The van der Waals surface area contributed by atoms with E-state index >= 15 is 0 Å². The summed E-state index contributed by atoms with van der Waals surface area (Å²) >= 11 is 0. The number of aromatic hydroxyl groups is 1. The highest BCUT2D eigenvalue weighted by Crippen LogP contribution is 2.27. The molecule has 0 bridgehead atoms. The predicted molar refractivity (Wildman–Crippen MR) is 46.8 cm³/mol. The molecule has 0 aromatic heterocycles. The summed E-state index contributed by atoms with van der Waals surface area (Å²) in [4.78, 5) is 0. The van der Waals surface area contributed by atoms with E-state index in [2.05, 4.69) is 0 Å². The number of sulfone groups is 1. The number of hydrogen-bond acceptors (Lipinski definition) is 3. The first-order chi connectivity index (χ1) is 6.72. The summed E-state index contributed by atoms with van der Waals surface area (Å²) in [6, 6.07) is 4.50. The van der Waals surface area contributed by atoms with Crippen LogP contribution in [0.2, 0.25) is 0 Å². The van der Waals surface area contributed by atoms with E-state index < -0.39 is 21.1 Å². The minimum atomic E-state index is -5.25. The van der Waals surface area contributed by atoms with E-state index in [0.717, 1.165) is 24.3 Å². The van der Waals surface area contributed by atoms with Crippen LogP contribution in [-0.2, 0) is 15.6 Å². The van der Waals surface area contributed by atoms with Crippen molar-refractivity contribution in [2.45, 2.75) is 11.3 Å². The van der Waals surface area contributed by atoms with Crippen molar-refractivity contribution in [3.8, 4) is 5.75 Å². The van der Waals surface area contributed by atoms with Crippen LogP contribution in [0.5, 0.6) is 5.75 Å². The molecule has 0 radical (unpaired) electrons. The topological polar surface area (TPSA) is 54.4 Å². The lowest BCUT2D eigenvalue weighted by molar-refractivity contribution is -0.0437. The molecule has 0 spiro atoms. The van der Waals surface area contributed by atoms with Gasteiger partial charge in [0.25, 0.3) is 9.84 Å². The second-order valence-electron chi connectivity index (χ2n) is 2.87. The van der Waals surface area contributed by atoms with Crippen LogP contribution in [0.1, 0.15) is 5.56 Å². The molecule has 0 aliphatic heterocycles. The number of benzene rings is 1. The fraction of sp³-hybridized carbons (Fsp3) is 0.250. The van der Waals surface area contributed by atoms with Crippen LogP contribution in [0.4, 0.5) is 13.2 Å². The average molecular weight is 240 g/mol. The largest absolute Gasteiger partial charge is 0.508 e. The number of rotatable bonds is 2. The Labute approximate surface area is 84.1 Å². The van der Waals surface area contributed by atoms with Crippen LogP contribution in [0.25, 0.3) is 0 Å². The Morgan fingerprint density at radius 1 is 1.13 bits per heavy atom. The number of phenolic OH excluding ortho intramolecular Hbond substituents is 1. The molecule has 0 unspecified atom stereocenters. The predicted octanol–water partition coefficient (Wildman–Crippen LogP) is 1.83. The van der Waals surface area contributed by atoms with E-state index in [9.17, 15) is 21.6 Å². The molecular formula is C8H7F3O3S. The Morgan fingerprint density at radius 3 is 2.00 bits per heavy atom. The van der Waals surface area contributed by atoms with Gasteiger partial charge in [-0.05, 0) is 17.7 Å². The summed E-state index contributed by atoms with van der Waals surface area (Å²) in [5.74, 6) is -1.25. The molecule has 15 heavy (non-hydrogen) atoms. The molecule has 0 fully saturated rings. The minimum absolute atomic E-state index is 0.0230. The third kappa shape index (κ3) is 2.85. The van der Waals surface area contributed by atoms with E-state index in [0.29, 0.717) is 0 Å². The van der Waals surface area contributed by atoms with Gasteiger partial charge in [0, 0.05) is 0 Å². The fourth-order valence-electron chi connectivity index (χ4n) is 0.893. The first-order valence-corrected chi connectivity index (χ1v) is 5.44. The first-order valence-electron chi connectivity index (χ1n) is 3.79. The molecule has 1 rings (SSSR count). The van der Waals surface area contributed by atoms with Crippen LogP contribution >= 0.6 is 0 Å². The highest BCUT2D eigenvalue weighted by atomic mass is 32.2. The van der Waals surface area contributed by atoms with Crippen LogP contribution in [-0.4, -0.2) is 19.0 Å². The summed E-state index contributed by atoms with van der Waals surface area (Å²) in [6.45, 7) is 0. The van der Waals surface area contributed by atoms with E-state index in [1.54, 1.807) is 0 Å². The Balaban J connectivity index is 2.93. The molecule has 0 saturated carbocycles. The Morgan fingerprint density at radius 2 is 1.60 bits per heavy atom. The molecule has 84 valence electrons. The number of halogens is 3. The van der Waals surface area contributed by atoms with Gasteiger partial charge in [0.2, 0.25) is 0 Å². The van der Waals surface area contributed by atoms with Gasteiger partial charge in [-0.25, -0.2) is 8.42 Å². The maximum Gasteiger partial charge on any atom is 0.497 e. The van der Waals surface area contributed by atoms with Crippen LogP contribution in [0, 0.1) is 0 Å². The molecule has 3 nitrogen and oxygen atoms in total. The van der Waals surface area contributed by atoms with Gasteiger partial charge in [-0.2, -0.15) is 13.2 Å². The molecule has 1 aromatic carbocycles. The van der Waals surface area contributed by atoms with Gasteiger partial charge in [-0.1, -0.05) is 12.1 Å². The highest BCUT2D eigenvalue weighted by molar-refractivity contribution is 7.91. The highest BCUT2D eigenvalue weighted by Gasteiger charge is 2.45. The van der Waals surface area contributed by atoms with E-state index in [4.69, 9.17) is 5.11 Å². The van der Waals surface area contributed by atoms with Crippen molar-refractivity contribution in [2.24, 2.45) is 0 Å². The molecule has 1 aromatic rings. The van der Waals surface area contributed by atoms with Gasteiger partial charge in [0.1, 0.15) is 5.75 Å². The molecule has 0 saturated heterocycles. The monoisotopic (exact) mass is 240 g/mol. The third-order valence-electron chi connectivity index (χ3n) is 1.65. The molecule has 0 aliphatic rings. The smallest absolute Gasteiger partial charge is 0.497 e.